The summed E-state index contributed by atoms with van der Waals surface area (Å²) in [5.41, 5.74) is 5.72. The zero-order chi connectivity index (χ0) is 18.4. The molecule has 0 unspecified atom stereocenters. The largest absolute Gasteiger partial charge is 0.493 e. The predicted octanol–water partition coefficient (Wildman–Crippen LogP) is 3.17. The van der Waals surface area contributed by atoms with Crippen molar-refractivity contribution in [3.8, 4) is 17.2 Å². The first kappa shape index (κ1) is 18.3. The van der Waals surface area contributed by atoms with E-state index in [1.807, 2.05) is 38.1 Å². The number of nitrogens with one attached hydrogen (secondary N) is 1. The number of rotatable bonds is 6. The smallest absolute Gasteiger partial charge is 0.271 e. The molecule has 25 heavy (non-hydrogen) atoms. The van der Waals surface area contributed by atoms with Crippen LogP contribution in [0.1, 0.15) is 28.4 Å². The second kappa shape index (κ2) is 8.19. The van der Waals surface area contributed by atoms with E-state index in [4.69, 9.17) is 14.2 Å². The van der Waals surface area contributed by atoms with Crippen LogP contribution in [0.15, 0.2) is 41.5 Å². The number of hydrogen-bond donors (Lipinski definition) is 1. The van der Waals surface area contributed by atoms with Gasteiger partial charge in [-0.2, -0.15) is 5.10 Å². The first-order valence-corrected chi connectivity index (χ1v) is 7.71. The third kappa shape index (κ3) is 4.29. The number of benzene rings is 2. The Balaban J connectivity index is 2.23. The van der Waals surface area contributed by atoms with E-state index in [-0.39, 0.29) is 5.91 Å². The summed E-state index contributed by atoms with van der Waals surface area (Å²) in [4.78, 5) is 12.4. The van der Waals surface area contributed by atoms with Crippen LogP contribution in [0.3, 0.4) is 0 Å². The van der Waals surface area contributed by atoms with Gasteiger partial charge in [-0.1, -0.05) is 29.8 Å². The summed E-state index contributed by atoms with van der Waals surface area (Å²) < 4.78 is 15.8. The van der Waals surface area contributed by atoms with Crippen molar-refractivity contribution in [1.29, 1.82) is 0 Å². The molecule has 0 aliphatic carbocycles. The Hall–Kier alpha value is -3.02. The number of methoxy groups -OCH3 is 3. The summed E-state index contributed by atoms with van der Waals surface area (Å²) in [6, 6.07) is 11.1. The number of aryl methyl sites for hydroxylation is 1. The molecular weight excluding hydrogens is 320 g/mol. The molecule has 0 aromatic heterocycles. The second-order valence-corrected chi connectivity index (χ2v) is 5.42. The summed E-state index contributed by atoms with van der Waals surface area (Å²) in [5.74, 6) is 0.879. The van der Waals surface area contributed by atoms with E-state index in [0.29, 0.717) is 28.5 Å². The van der Waals surface area contributed by atoms with Gasteiger partial charge in [0, 0.05) is 5.56 Å². The number of nitrogens with zero attached hydrogens (tertiary/aromatic N) is 1. The lowest BCUT2D eigenvalue weighted by Crippen LogP contribution is -2.19. The van der Waals surface area contributed by atoms with Gasteiger partial charge in [0.15, 0.2) is 11.5 Å². The number of amides is 1. The highest BCUT2D eigenvalue weighted by molar-refractivity contribution is 6.01. The Morgan fingerprint density at radius 1 is 0.920 bits per heavy atom. The fraction of sp³-hybridized carbons (Fsp3) is 0.263. The zero-order valence-corrected chi connectivity index (χ0v) is 15.0. The van der Waals surface area contributed by atoms with E-state index in [1.165, 1.54) is 21.3 Å². The molecule has 0 aliphatic rings. The van der Waals surface area contributed by atoms with Crippen LogP contribution >= 0.6 is 0 Å². The van der Waals surface area contributed by atoms with Gasteiger partial charge in [-0.15, -0.1) is 0 Å². The average Bonchev–Trinajstić information content (AvgIpc) is 2.64. The molecule has 0 fully saturated rings. The van der Waals surface area contributed by atoms with Gasteiger partial charge in [0.2, 0.25) is 5.75 Å². The number of hydrazone groups is 1. The van der Waals surface area contributed by atoms with Crippen molar-refractivity contribution in [2.45, 2.75) is 13.8 Å². The van der Waals surface area contributed by atoms with Crippen LogP contribution in [0, 0.1) is 6.92 Å². The molecular formula is C19H22N2O4. The Morgan fingerprint density at radius 2 is 1.48 bits per heavy atom. The highest BCUT2D eigenvalue weighted by Crippen LogP contribution is 2.38. The minimum absolute atomic E-state index is 0.356. The maximum absolute atomic E-state index is 12.4. The maximum atomic E-state index is 12.4. The summed E-state index contributed by atoms with van der Waals surface area (Å²) in [5, 5.41) is 4.16. The number of carbonyl (C=O) groups is 1. The summed E-state index contributed by atoms with van der Waals surface area (Å²) >= 11 is 0. The lowest BCUT2D eigenvalue weighted by molar-refractivity contribution is 0.0954. The minimum Gasteiger partial charge on any atom is -0.493 e. The second-order valence-electron chi connectivity index (χ2n) is 5.42. The van der Waals surface area contributed by atoms with Gasteiger partial charge in [-0.25, -0.2) is 5.43 Å². The first-order chi connectivity index (χ1) is 12.0. The third-order valence-corrected chi connectivity index (χ3v) is 3.72. The van der Waals surface area contributed by atoms with Gasteiger partial charge in [-0.05, 0) is 31.5 Å². The number of ether oxygens (including phenoxy) is 3. The molecule has 6 heteroatoms. The third-order valence-electron chi connectivity index (χ3n) is 3.72. The highest BCUT2D eigenvalue weighted by Gasteiger charge is 2.16. The van der Waals surface area contributed by atoms with Gasteiger partial charge >= 0.3 is 0 Å². The fourth-order valence-electron chi connectivity index (χ4n) is 2.27. The Labute approximate surface area is 147 Å². The molecule has 0 aliphatic heterocycles. The standard InChI is InChI=1S/C19H22N2O4/c1-12-6-8-14(9-7-12)13(2)20-21-19(22)15-10-16(23-3)18(25-5)17(11-15)24-4/h6-11H,1-5H3,(H,21,22)/b20-13+. The van der Waals surface area contributed by atoms with E-state index >= 15 is 0 Å². The van der Waals surface area contributed by atoms with E-state index in [9.17, 15) is 4.79 Å². The average molecular weight is 342 g/mol. The molecule has 2 rings (SSSR count). The molecule has 0 heterocycles. The van der Waals surface area contributed by atoms with Crippen molar-refractivity contribution in [2.24, 2.45) is 5.10 Å². The van der Waals surface area contributed by atoms with E-state index in [0.717, 1.165) is 11.1 Å². The lowest BCUT2D eigenvalue weighted by Gasteiger charge is -2.13. The minimum atomic E-state index is -0.370. The van der Waals surface area contributed by atoms with Gasteiger partial charge in [-0.3, -0.25) is 4.79 Å². The van der Waals surface area contributed by atoms with Crippen molar-refractivity contribution < 1.29 is 19.0 Å². The molecule has 132 valence electrons. The molecule has 1 amide bonds. The molecule has 0 spiro atoms. The maximum Gasteiger partial charge on any atom is 0.271 e. The fourth-order valence-corrected chi connectivity index (χ4v) is 2.27. The zero-order valence-electron chi connectivity index (χ0n) is 15.0. The van der Waals surface area contributed by atoms with E-state index in [2.05, 4.69) is 10.5 Å². The van der Waals surface area contributed by atoms with Crippen molar-refractivity contribution >= 4 is 11.6 Å². The van der Waals surface area contributed by atoms with Crippen molar-refractivity contribution in [3.05, 3.63) is 53.1 Å². The first-order valence-electron chi connectivity index (χ1n) is 7.71. The van der Waals surface area contributed by atoms with E-state index < -0.39 is 0 Å². The van der Waals surface area contributed by atoms with Crippen molar-refractivity contribution in [3.63, 3.8) is 0 Å². The van der Waals surface area contributed by atoms with Crippen LogP contribution in [0.5, 0.6) is 17.2 Å². The summed E-state index contributed by atoms with van der Waals surface area (Å²) in [6.45, 7) is 3.85. The molecule has 0 bridgehead atoms. The molecule has 0 saturated carbocycles. The highest BCUT2D eigenvalue weighted by atomic mass is 16.5. The molecule has 0 atom stereocenters. The normalized spacial score (nSPS) is 11.0. The van der Waals surface area contributed by atoms with Gasteiger partial charge in [0.05, 0.1) is 27.0 Å². The van der Waals surface area contributed by atoms with Crippen LogP contribution in [-0.2, 0) is 0 Å². The van der Waals surface area contributed by atoms with Crippen molar-refractivity contribution in [1.82, 2.24) is 5.43 Å². The number of carbonyl (C=O) groups excluding carboxylic acids is 1. The van der Waals surface area contributed by atoms with Gasteiger partial charge in [0.1, 0.15) is 0 Å². The summed E-state index contributed by atoms with van der Waals surface area (Å²) in [6.07, 6.45) is 0. The van der Waals surface area contributed by atoms with Gasteiger partial charge in [0.25, 0.3) is 5.91 Å². The lowest BCUT2D eigenvalue weighted by atomic mass is 10.1. The molecule has 6 nitrogen and oxygen atoms in total. The van der Waals surface area contributed by atoms with E-state index in [1.54, 1.807) is 12.1 Å². The summed E-state index contributed by atoms with van der Waals surface area (Å²) in [7, 11) is 4.51. The SMILES string of the molecule is COc1cc(C(=O)N/N=C(\C)c2ccc(C)cc2)cc(OC)c1OC. The molecule has 1 N–H and O–H groups in total. The van der Waals surface area contributed by atoms with Crippen LogP contribution in [0.4, 0.5) is 0 Å². The molecule has 2 aromatic rings. The predicted molar refractivity (Wildman–Crippen MR) is 97.0 cm³/mol. The van der Waals surface area contributed by atoms with Crippen LogP contribution in [0.25, 0.3) is 0 Å². The molecule has 0 radical (unpaired) electrons. The van der Waals surface area contributed by atoms with Crippen LogP contribution in [0.2, 0.25) is 0 Å². The molecule has 0 saturated heterocycles. The molecule has 2 aromatic carbocycles. The Kier molecular flexibility index (Phi) is 6.00. The van der Waals surface area contributed by atoms with Gasteiger partial charge < -0.3 is 14.2 Å². The quantitative estimate of drug-likeness (QED) is 0.647. The number of hydrogen-bond acceptors (Lipinski definition) is 5. The van der Waals surface area contributed by atoms with Crippen LogP contribution < -0.4 is 19.6 Å². The topological polar surface area (TPSA) is 69.2 Å². The Morgan fingerprint density at radius 3 is 1.96 bits per heavy atom. The monoisotopic (exact) mass is 342 g/mol. The van der Waals surface area contributed by atoms with Crippen LogP contribution in [-0.4, -0.2) is 32.9 Å². The Bertz CT molecular complexity index is 758. The van der Waals surface area contributed by atoms with Crippen molar-refractivity contribution in [2.75, 3.05) is 21.3 Å².